The maximum atomic E-state index is 13.4. The fourth-order valence-corrected chi connectivity index (χ4v) is 3.10. The second kappa shape index (κ2) is 11.6. The Morgan fingerprint density at radius 3 is 2.06 bits per heavy atom. The minimum atomic E-state index is -1.01. The summed E-state index contributed by atoms with van der Waals surface area (Å²) in [5.74, 6) is -1.15. The lowest BCUT2D eigenvalue weighted by Gasteiger charge is -2.35. The number of piperazine rings is 1. The third-order valence-electron chi connectivity index (χ3n) is 4.45. The lowest BCUT2D eigenvalue weighted by atomic mass is 10.3. The van der Waals surface area contributed by atoms with Crippen LogP contribution in [0.5, 0.6) is 11.5 Å². The van der Waals surface area contributed by atoms with Crippen molar-refractivity contribution >= 4 is 29.1 Å². The zero-order chi connectivity index (χ0) is 23.1. The molecule has 1 fully saturated rings. The van der Waals surface area contributed by atoms with Gasteiger partial charge in [-0.05, 0) is 24.3 Å². The Morgan fingerprint density at radius 1 is 0.969 bits per heavy atom. The van der Waals surface area contributed by atoms with Crippen LogP contribution in [-0.2, 0) is 4.79 Å². The molecule has 0 spiro atoms. The van der Waals surface area contributed by atoms with Crippen molar-refractivity contribution in [3.8, 4) is 11.5 Å². The Balaban J connectivity index is 1.33. The SMILES string of the molecule is O=C(COc1ccc(Cl)c(F)c1)NN1CCN(NC(O)COc2ccc(Cl)c(F)c2)CC1. The molecule has 32 heavy (non-hydrogen) atoms. The maximum Gasteiger partial charge on any atom is 0.272 e. The Morgan fingerprint density at radius 2 is 1.50 bits per heavy atom. The van der Waals surface area contributed by atoms with E-state index in [1.165, 1.54) is 24.3 Å². The van der Waals surface area contributed by atoms with Gasteiger partial charge in [0.05, 0.1) is 10.0 Å². The van der Waals surface area contributed by atoms with E-state index in [1.807, 2.05) is 0 Å². The summed E-state index contributed by atoms with van der Waals surface area (Å²) in [4.78, 5) is 12.0. The van der Waals surface area contributed by atoms with E-state index in [4.69, 9.17) is 32.7 Å². The van der Waals surface area contributed by atoms with Crippen LogP contribution in [0.2, 0.25) is 10.0 Å². The van der Waals surface area contributed by atoms with E-state index in [0.717, 1.165) is 12.1 Å². The van der Waals surface area contributed by atoms with Crippen molar-refractivity contribution in [2.75, 3.05) is 39.4 Å². The van der Waals surface area contributed by atoms with E-state index >= 15 is 0 Å². The van der Waals surface area contributed by atoms with Crippen molar-refractivity contribution in [1.29, 1.82) is 0 Å². The lowest BCUT2D eigenvalue weighted by molar-refractivity contribution is -0.129. The summed E-state index contributed by atoms with van der Waals surface area (Å²) in [6.07, 6.45) is -1.01. The quantitative estimate of drug-likeness (QED) is 0.464. The van der Waals surface area contributed by atoms with Crippen LogP contribution in [0.1, 0.15) is 0 Å². The smallest absolute Gasteiger partial charge is 0.272 e. The average molecular weight is 491 g/mol. The molecule has 0 aliphatic carbocycles. The van der Waals surface area contributed by atoms with Gasteiger partial charge in [0.25, 0.3) is 5.91 Å². The summed E-state index contributed by atoms with van der Waals surface area (Å²) < 4.78 is 37.4. The van der Waals surface area contributed by atoms with Gasteiger partial charge in [0.1, 0.15) is 29.7 Å². The molecule has 0 bridgehead atoms. The number of carbonyl (C=O) groups is 1. The predicted molar refractivity (Wildman–Crippen MR) is 114 cm³/mol. The molecule has 1 heterocycles. The number of nitrogens with zero attached hydrogens (tertiary/aromatic N) is 2. The van der Waals surface area contributed by atoms with Crippen LogP contribution in [0.15, 0.2) is 36.4 Å². The molecule has 1 atom stereocenters. The van der Waals surface area contributed by atoms with Crippen molar-refractivity contribution < 1.29 is 28.2 Å². The molecule has 12 heteroatoms. The Bertz CT molecular complexity index is 932. The summed E-state index contributed by atoms with van der Waals surface area (Å²) in [5, 5.41) is 13.5. The Labute approximate surface area is 193 Å². The molecular formula is C20H22Cl2F2N4O4. The van der Waals surface area contributed by atoms with Gasteiger partial charge in [0.2, 0.25) is 0 Å². The van der Waals surface area contributed by atoms with Crippen LogP contribution in [0, 0.1) is 11.6 Å². The van der Waals surface area contributed by atoms with E-state index < -0.39 is 17.9 Å². The number of nitrogens with one attached hydrogen (secondary N) is 2. The fraction of sp³-hybridized carbons (Fsp3) is 0.350. The van der Waals surface area contributed by atoms with Gasteiger partial charge < -0.3 is 14.6 Å². The van der Waals surface area contributed by atoms with Crippen molar-refractivity contribution in [2.45, 2.75) is 6.23 Å². The minimum Gasteiger partial charge on any atom is -0.489 e. The average Bonchev–Trinajstić information content (AvgIpc) is 2.77. The van der Waals surface area contributed by atoms with Crippen molar-refractivity contribution in [2.24, 2.45) is 0 Å². The van der Waals surface area contributed by atoms with Gasteiger partial charge in [-0.2, -0.15) is 0 Å². The van der Waals surface area contributed by atoms with Crippen LogP contribution < -0.4 is 20.3 Å². The molecule has 2 aromatic rings. The molecule has 3 N–H and O–H groups in total. The van der Waals surface area contributed by atoms with E-state index in [1.54, 1.807) is 10.0 Å². The van der Waals surface area contributed by atoms with Crippen LogP contribution >= 0.6 is 23.2 Å². The van der Waals surface area contributed by atoms with Crippen LogP contribution in [0.3, 0.4) is 0 Å². The number of amides is 1. The molecule has 8 nitrogen and oxygen atoms in total. The molecule has 174 valence electrons. The van der Waals surface area contributed by atoms with E-state index in [-0.39, 0.29) is 40.7 Å². The van der Waals surface area contributed by atoms with Gasteiger partial charge in [-0.1, -0.05) is 23.2 Å². The van der Waals surface area contributed by atoms with Gasteiger partial charge in [-0.3, -0.25) is 10.2 Å². The first-order valence-corrected chi connectivity index (χ1v) is 10.4. The molecule has 0 radical (unpaired) electrons. The van der Waals surface area contributed by atoms with Crippen molar-refractivity contribution in [1.82, 2.24) is 20.9 Å². The highest BCUT2D eigenvalue weighted by Crippen LogP contribution is 2.21. The molecule has 3 rings (SSSR count). The third-order valence-corrected chi connectivity index (χ3v) is 5.07. The standard InChI is InChI=1S/C20H22Cl2F2N4O4/c21-15-3-1-13(9-17(15)23)31-11-19(29)25-27-5-7-28(8-6-27)26-20(30)12-32-14-2-4-16(22)18(24)10-14/h1-4,9-10,19,25,29H,5-8,11-12H2,(H,26,30). The maximum absolute atomic E-state index is 13.4. The summed E-state index contributed by atoms with van der Waals surface area (Å²) in [6.45, 7) is 1.63. The van der Waals surface area contributed by atoms with Crippen LogP contribution in [-0.4, -0.2) is 66.7 Å². The summed E-state index contributed by atoms with van der Waals surface area (Å²) >= 11 is 11.2. The number of carbonyl (C=O) groups excluding carboxylic acids is 1. The highest BCUT2D eigenvalue weighted by Gasteiger charge is 2.20. The summed E-state index contributed by atoms with van der Waals surface area (Å²) in [6, 6.07) is 7.96. The number of aliphatic hydroxyl groups excluding tert-OH is 1. The number of benzene rings is 2. The first kappa shape index (κ1) is 24.4. The van der Waals surface area contributed by atoms with E-state index in [9.17, 15) is 18.7 Å². The minimum absolute atomic E-state index is 0.00794. The van der Waals surface area contributed by atoms with Crippen molar-refractivity contribution in [3.63, 3.8) is 0 Å². The van der Waals surface area contributed by atoms with Gasteiger partial charge in [0.15, 0.2) is 12.8 Å². The van der Waals surface area contributed by atoms with E-state index in [2.05, 4.69) is 10.9 Å². The summed E-state index contributed by atoms with van der Waals surface area (Å²) in [5.41, 5.74) is 5.59. The molecule has 2 aromatic carbocycles. The predicted octanol–water partition coefficient (Wildman–Crippen LogP) is 2.20. The topological polar surface area (TPSA) is 86.3 Å². The molecule has 0 aromatic heterocycles. The third kappa shape index (κ3) is 7.44. The van der Waals surface area contributed by atoms with Crippen molar-refractivity contribution in [3.05, 3.63) is 58.1 Å². The van der Waals surface area contributed by atoms with Crippen LogP contribution in [0.25, 0.3) is 0 Å². The van der Waals surface area contributed by atoms with Crippen LogP contribution in [0.4, 0.5) is 8.78 Å². The molecule has 1 saturated heterocycles. The highest BCUT2D eigenvalue weighted by molar-refractivity contribution is 6.31. The molecule has 1 unspecified atom stereocenters. The number of halogens is 4. The second-order valence-corrected chi connectivity index (χ2v) is 7.72. The van der Waals surface area contributed by atoms with E-state index in [0.29, 0.717) is 26.2 Å². The number of ether oxygens (including phenoxy) is 2. The fourth-order valence-electron chi connectivity index (χ4n) is 2.86. The molecule has 1 amide bonds. The van der Waals surface area contributed by atoms with Gasteiger partial charge >= 0.3 is 0 Å². The zero-order valence-corrected chi connectivity index (χ0v) is 18.4. The second-order valence-electron chi connectivity index (χ2n) is 6.91. The zero-order valence-electron chi connectivity index (χ0n) is 16.9. The molecule has 1 aliphatic rings. The Kier molecular flexibility index (Phi) is 8.85. The first-order chi connectivity index (χ1) is 15.3. The van der Waals surface area contributed by atoms with Gasteiger partial charge in [0, 0.05) is 38.3 Å². The molecule has 0 saturated carbocycles. The highest BCUT2D eigenvalue weighted by atomic mass is 35.5. The lowest BCUT2D eigenvalue weighted by Crippen LogP contribution is -2.59. The number of hydrogen-bond acceptors (Lipinski definition) is 7. The summed E-state index contributed by atoms with van der Waals surface area (Å²) in [7, 11) is 0. The number of hydrogen-bond donors (Lipinski definition) is 3. The van der Waals surface area contributed by atoms with Gasteiger partial charge in [-0.25, -0.2) is 24.2 Å². The molecule has 1 aliphatic heterocycles. The number of hydrazine groups is 2. The normalized spacial score (nSPS) is 15.9. The monoisotopic (exact) mass is 490 g/mol. The number of aliphatic hydroxyl groups is 1. The number of rotatable bonds is 9. The Hall–Kier alpha value is -2.21. The largest absolute Gasteiger partial charge is 0.489 e. The van der Waals surface area contributed by atoms with Gasteiger partial charge in [-0.15, -0.1) is 0 Å². The first-order valence-electron chi connectivity index (χ1n) is 9.69. The molecular weight excluding hydrogens is 469 g/mol.